The fourth-order valence-corrected chi connectivity index (χ4v) is 3.78. The fraction of sp³-hybridized carbons (Fsp3) is 0.412. The van der Waals surface area contributed by atoms with Crippen molar-refractivity contribution < 1.29 is 13.9 Å². The topological polar surface area (TPSA) is 58.3 Å². The van der Waals surface area contributed by atoms with E-state index in [9.17, 15) is 4.79 Å². The van der Waals surface area contributed by atoms with Gasteiger partial charge in [0.05, 0.1) is 36.6 Å². The molecule has 4 heterocycles. The van der Waals surface area contributed by atoms with Crippen LogP contribution in [0.4, 0.5) is 0 Å². The molecule has 1 amide bonds. The molecule has 0 bridgehead atoms. The standard InChI is InChI=1S/C17H19N3O3S/c21-17(12-19-5-8-22-9-6-19)20-14(15-3-1-7-23-15)11-13(18-20)16-4-2-10-24-16/h1-4,7,10,14H,5-6,8-9,11-12H2/t14-/m0/s1. The summed E-state index contributed by atoms with van der Waals surface area (Å²) >= 11 is 1.64. The minimum absolute atomic E-state index is 0.00450. The number of furan rings is 1. The van der Waals surface area contributed by atoms with E-state index in [2.05, 4.69) is 10.0 Å². The van der Waals surface area contributed by atoms with E-state index in [1.165, 1.54) is 0 Å². The smallest absolute Gasteiger partial charge is 0.257 e. The van der Waals surface area contributed by atoms with Crippen molar-refractivity contribution in [2.45, 2.75) is 12.5 Å². The SMILES string of the molecule is O=C(CN1CCOCC1)N1N=C(c2cccs2)C[C@H]1c1ccco1. The summed E-state index contributed by atoms with van der Waals surface area (Å²) in [6, 6.07) is 7.64. The van der Waals surface area contributed by atoms with Crippen molar-refractivity contribution in [3.8, 4) is 0 Å². The molecular formula is C17H19N3O3S. The normalized spacial score (nSPS) is 21.9. The lowest BCUT2D eigenvalue weighted by molar-refractivity contribution is -0.135. The van der Waals surface area contributed by atoms with Gasteiger partial charge in [-0.15, -0.1) is 11.3 Å². The second kappa shape index (κ2) is 6.88. The number of hydrogen-bond donors (Lipinski definition) is 0. The summed E-state index contributed by atoms with van der Waals surface area (Å²) in [6.07, 6.45) is 2.33. The van der Waals surface area contributed by atoms with Gasteiger partial charge in [-0.05, 0) is 23.6 Å². The first-order valence-corrected chi connectivity index (χ1v) is 8.96. The molecule has 6 nitrogen and oxygen atoms in total. The van der Waals surface area contributed by atoms with Gasteiger partial charge in [-0.3, -0.25) is 9.69 Å². The van der Waals surface area contributed by atoms with E-state index >= 15 is 0 Å². The van der Waals surface area contributed by atoms with Crippen molar-refractivity contribution in [3.63, 3.8) is 0 Å². The molecule has 1 saturated heterocycles. The van der Waals surface area contributed by atoms with E-state index in [1.807, 2.05) is 29.6 Å². The van der Waals surface area contributed by atoms with Crippen LogP contribution in [0.5, 0.6) is 0 Å². The highest BCUT2D eigenvalue weighted by molar-refractivity contribution is 7.12. The Morgan fingerprint density at radius 2 is 2.17 bits per heavy atom. The molecule has 0 unspecified atom stereocenters. The third-order valence-electron chi connectivity index (χ3n) is 4.31. The number of carbonyl (C=O) groups excluding carboxylic acids is 1. The number of amides is 1. The molecule has 4 rings (SSSR count). The molecular weight excluding hydrogens is 326 g/mol. The molecule has 0 saturated carbocycles. The van der Waals surface area contributed by atoms with Crippen LogP contribution in [0.25, 0.3) is 0 Å². The van der Waals surface area contributed by atoms with Crippen molar-refractivity contribution in [1.82, 2.24) is 9.91 Å². The highest BCUT2D eigenvalue weighted by Crippen LogP contribution is 2.34. The quantitative estimate of drug-likeness (QED) is 0.853. The highest BCUT2D eigenvalue weighted by Gasteiger charge is 2.35. The minimum atomic E-state index is -0.161. The summed E-state index contributed by atoms with van der Waals surface area (Å²) in [5, 5.41) is 8.25. The Morgan fingerprint density at radius 3 is 2.88 bits per heavy atom. The predicted molar refractivity (Wildman–Crippen MR) is 91.0 cm³/mol. The number of morpholine rings is 1. The average molecular weight is 345 g/mol. The van der Waals surface area contributed by atoms with Gasteiger partial charge in [0, 0.05) is 19.5 Å². The highest BCUT2D eigenvalue weighted by atomic mass is 32.1. The summed E-state index contributed by atoms with van der Waals surface area (Å²) in [4.78, 5) is 16.1. The summed E-state index contributed by atoms with van der Waals surface area (Å²) in [5.41, 5.74) is 0.946. The van der Waals surface area contributed by atoms with E-state index in [4.69, 9.17) is 9.15 Å². The Morgan fingerprint density at radius 1 is 1.29 bits per heavy atom. The number of nitrogens with zero attached hydrogens (tertiary/aromatic N) is 3. The Kier molecular flexibility index (Phi) is 4.46. The van der Waals surface area contributed by atoms with Crippen LogP contribution >= 0.6 is 11.3 Å². The Labute approximate surface area is 144 Å². The van der Waals surface area contributed by atoms with E-state index in [1.54, 1.807) is 22.6 Å². The third-order valence-corrected chi connectivity index (χ3v) is 5.22. The van der Waals surface area contributed by atoms with Gasteiger partial charge in [0.15, 0.2) is 0 Å². The monoisotopic (exact) mass is 345 g/mol. The molecule has 0 radical (unpaired) electrons. The van der Waals surface area contributed by atoms with Crippen molar-refractivity contribution in [2.24, 2.45) is 5.10 Å². The Bertz CT molecular complexity index is 706. The maximum Gasteiger partial charge on any atom is 0.257 e. The zero-order valence-corrected chi connectivity index (χ0v) is 14.1. The number of thiophene rings is 1. The fourth-order valence-electron chi connectivity index (χ4n) is 3.06. The molecule has 2 aliphatic heterocycles. The largest absolute Gasteiger partial charge is 0.467 e. The van der Waals surface area contributed by atoms with E-state index in [0.29, 0.717) is 26.2 Å². The molecule has 1 fully saturated rings. The van der Waals surface area contributed by atoms with Crippen LogP contribution in [0, 0.1) is 0 Å². The van der Waals surface area contributed by atoms with E-state index < -0.39 is 0 Å². The number of rotatable bonds is 4. The second-order valence-corrected chi connectivity index (χ2v) is 6.83. The summed E-state index contributed by atoms with van der Waals surface area (Å²) in [7, 11) is 0. The van der Waals surface area contributed by atoms with E-state index in [-0.39, 0.29) is 11.9 Å². The van der Waals surface area contributed by atoms with Gasteiger partial charge in [-0.1, -0.05) is 6.07 Å². The predicted octanol–water partition coefficient (Wildman–Crippen LogP) is 2.35. The summed E-state index contributed by atoms with van der Waals surface area (Å²) in [6.45, 7) is 3.29. The lowest BCUT2D eigenvalue weighted by atomic mass is 10.1. The lowest BCUT2D eigenvalue weighted by Gasteiger charge is -2.28. The molecule has 0 spiro atoms. The molecule has 0 aromatic carbocycles. The van der Waals surface area contributed by atoms with Crippen LogP contribution in [0.2, 0.25) is 0 Å². The maximum absolute atomic E-state index is 12.8. The maximum atomic E-state index is 12.8. The zero-order chi connectivity index (χ0) is 16.4. The molecule has 1 atom stereocenters. The number of carbonyl (C=O) groups is 1. The molecule has 0 N–H and O–H groups in total. The van der Waals surface area contributed by atoms with Gasteiger partial charge < -0.3 is 9.15 Å². The van der Waals surface area contributed by atoms with Crippen LogP contribution in [-0.4, -0.2) is 54.4 Å². The second-order valence-electron chi connectivity index (χ2n) is 5.89. The third kappa shape index (κ3) is 3.15. The van der Waals surface area contributed by atoms with Crippen LogP contribution in [0.1, 0.15) is 23.1 Å². The summed E-state index contributed by atoms with van der Waals surface area (Å²) < 4.78 is 10.9. The molecule has 126 valence electrons. The van der Waals surface area contributed by atoms with Gasteiger partial charge in [0.25, 0.3) is 5.91 Å². The summed E-state index contributed by atoms with van der Waals surface area (Å²) in [5.74, 6) is 0.783. The Balaban J connectivity index is 1.55. The van der Waals surface area contributed by atoms with Gasteiger partial charge >= 0.3 is 0 Å². The van der Waals surface area contributed by atoms with E-state index in [0.717, 1.165) is 29.4 Å². The van der Waals surface area contributed by atoms with Crippen molar-refractivity contribution in [3.05, 3.63) is 46.5 Å². The van der Waals surface area contributed by atoms with Crippen LogP contribution in [0.15, 0.2) is 45.4 Å². The van der Waals surface area contributed by atoms with Crippen LogP contribution in [-0.2, 0) is 9.53 Å². The van der Waals surface area contributed by atoms with Gasteiger partial charge in [-0.2, -0.15) is 5.10 Å². The Hall–Kier alpha value is -1.96. The molecule has 24 heavy (non-hydrogen) atoms. The van der Waals surface area contributed by atoms with Crippen molar-refractivity contribution >= 4 is 23.0 Å². The number of hydrazone groups is 1. The average Bonchev–Trinajstić information content (AvgIpc) is 3.35. The molecule has 2 aromatic heterocycles. The van der Waals surface area contributed by atoms with Gasteiger partial charge in [0.2, 0.25) is 0 Å². The number of hydrogen-bond acceptors (Lipinski definition) is 6. The first-order chi connectivity index (χ1) is 11.8. The first-order valence-electron chi connectivity index (χ1n) is 8.08. The first kappa shape index (κ1) is 15.6. The van der Waals surface area contributed by atoms with Crippen LogP contribution in [0.3, 0.4) is 0 Å². The zero-order valence-electron chi connectivity index (χ0n) is 13.3. The van der Waals surface area contributed by atoms with Crippen molar-refractivity contribution in [1.29, 1.82) is 0 Å². The van der Waals surface area contributed by atoms with Gasteiger partial charge in [-0.25, -0.2) is 5.01 Å². The molecule has 7 heteroatoms. The number of ether oxygens (including phenoxy) is 1. The minimum Gasteiger partial charge on any atom is -0.467 e. The molecule has 0 aliphatic carbocycles. The van der Waals surface area contributed by atoms with Crippen LogP contribution < -0.4 is 0 Å². The molecule has 2 aliphatic rings. The van der Waals surface area contributed by atoms with Crippen molar-refractivity contribution in [2.75, 3.05) is 32.8 Å². The van der Waals surface area contributed by atoms with Gasteiger partial charge in [0.1, 0.15) is 11.8 Å². The lowest BCUT2D eigenvalue weighted by Crippen LogP contribution is -2.43. The molecule has 2 aromatic rings.